The van der Waals surface area contributed by atoms with Gasteiger partial charge in [-0.05, 0) is 23.8 Å². The molecule has 0 aliphatic carbocycles. The lowest BCUT2D eigenvalue weighted by Gasteiger charge is -2.10. The van der Waals surface area contributed by atoms with Crippen LogP contribution in [0.25, 0.3) is 0 Å². The summed E-state index contributed by atoms with van der Waals surface area (Å²) < 4.78 is 48.9. The van der Waals surface area contributed by atoms with E-state index in [1.165, 1.54) is 0 Å². The van der Waals surface area contributed by atoms with Gasteiger partial charge in [0.1, 0.15) is 6.54 Å². The summed E-state index contributed by atoms with van der Waals surface area (Å²) in [5.74, 6) is 0.691. The first-order valence-corrected chi connectivity index (χ1v) is 7.26. The number of fused-ring (bicyclic) bond motifs is 1. The van der Waals surface area contributed by atoms with Crippen LogP contribution < -0.4 is 20.3 Å². The number of pyridine rings is 1. The van der Waals surface area contributed by atoms with Crippen molar-refractivity contribution in [2.75, 3.05) is 6.79 Å². The average Bonchev–Trinajstić information content (AvgIpc) is 3.01. The zero-order chi connectivity index (χ0) is 18.0. The summed E-state index contributed by atoms with van der Waals surface area (Å²) >= 11 is 0. The molecular formula is C16H13F3N2O4. The molecule has 2 aromatic rings. The first-order valence-electron chi connectivity index (χ1n) is 7.26. The van der Waals surface area contributed by atoms with Crippen molar-refractivity contribution in [3.63, 3.8) is 0 Å². The van der Waals surface area contributed by atoms with Crippen molar-refractivity contribution >= 4 is 5.91 Å². The normalized spacial score (nSPS) is 12.9. The lowest BCUT2D eigenvalue weighted by Crippen LogP contribution is -2.32. The van der Waals surface area contributed by atoms with Crippen molar-refractivity contribution in [1.29, 1.82) is 0 Å². The number of halogens is 3. The molecule has 3 rings (SSSR count). The second kappa shape index (κ2) is 6.50. The third-order valence-corrected chi connectivity index (χ3v) is 3.56. The first kappa shape index (κ1) is 16.9. The van der Waals surface area contributed by atoms with Gasteiger partial charge in [-0.25, -0.2) is 0 Å². The monoisotopic (exact) mass is 354 g/mol. The third-order valence-electron chi connectivity index (χ3n) is 3.56. The fourth-order valence-electron chi connectivity index (χ4n) is 2.28. The second-order valence-electron chi connectivity index (χ2n) is 5.34. The molecule has 0 spiro atoms. The van der Waals surface area contributed by atoms with Crippen LogP contribution in [-0.4, -0.2) is 17.3 Å². The van der Waals surface area contributed by atoms with Gasteiger partial charge in [0.25, 0.3) is 5.56 Å². The molecule has 0 atom stereocenters. The van der Waals surface area contributed by atoms with E-state index in [1.807, 2.05) is 0 Å². The number of nitrogens with one attached hydrogen (secondary N) is 1. The highest BCUT2D eigenvalue weighted by Gasteiger charge is 2.31. The Morgan fingerprint density at radius 1 is 1.16 bits per heavy atom. The third kappa shape index (κ3) is 3.93. The maximum absolute atomic E-state index is 12.5. The van der Waals surface area contributed by atoms with E-state index in [0.717, 1.165) is 22.4 Å². The zero-order valence-electron chi connectivity index (χ0n) is 12.8. The van der Waals surface area contributed by atoms with E-state index >= 15 is 0 Å². The molecule has 6 nitrogen and oxygen atoms in total. The van der Waals surface area contributed by atoms with Gasteiger partial charge in [-0.2, -0.15) is 13.2 Å². The van der Waals surface area contributed by atoms with Crippen LogP contribution in [0.15, 0.2) is 41.3 Å². The molecule has 25 heavy (non-hydrogen) atoms. The van der Waals surface area contributed by atoms with Gasteiger partial charge in [-0.3, -0.25) is 9.59 Å². The van der Waals surface area contributed by atoms with Crippen LogP contribution in [0.5, 0.6) is 11.5 Å². The molecule has 0 fully saturated rings. The molecule has 1 amide bonds. The van der Waals surface area contributed by atoms with Gasteiger partial charge in [0.05, 0.1) is 5.56 Å². The lowest BCUT2D eigenvalue weighted by atomic mass is 10.2. The molecule has 1 aliphatic rings. The number of nitrogens with zero attached hydrogens (tertiary/aromatic N) is 1. The van der Waals surface area contributed by atoms with Gasteiger partial charge in [0.15, 0.2) is 11.5 Å². The fraction of sp³-hybridized carbons (Fsp3) is 0.250. The van der Waals surface area contributed by atoms with Crippen LogP contribution in [0.3, 0.4) is 0 Å². The number of aromatic nitrogens is 1. The topological polar surface area (TPSA) is 69.6 Å². The summed E-state index contributed by atoms with van der Waals surface area (Å²) in [6, 6.07) is 6.40. The Morgan fingerprint density at radius 3 is 2.64 bits per heavy atom. The zero-order valence-corrected chi connectivity index (χ0v) is 12.8. The summed E-state index contributed by atoms with van der Waals surface area (Å²) in [5, 5.41) is 2.59. The van der Waals surface area contributed by atoms with Gasteiger partial charge in [0.2, 0.25) is 12.7 Å². The van der Waals surface area contributed by atoms with Crippen molar-refractivity contribution in [2.45, 2.75) is 19.3 Å². The van der Waals surface area contributed by atoms with Crippen LogP contribution in [0.1, 0.15) is 11.1 Å². The maximum Gasteiger partial charge on any atom is 0.416 e. The molecule has 0 radical (unpaired) electrons. The molecule has 9 heteroatoms. The van der Waals surface area contributed by atoms with Crippen molar-refractivity contribution in [3.05, 3.63) is 58.0 Å². The minimum atomic E-state index is -4.60. The van der Waals surface area contributed by atoms with Crippen LogP contribution in [0.4, 0.5) is 13.2 Å². The molecule has 0 unspecified atom stereocenters. The van der Waals surface area contributed by atoms with Crippen molar-refractivity contribution in [3.8, 4) is 11.5 Å². The predicted octanol–water partition coefficient (Wildman–Crippen LogP) is 1.91. The smallest absolute Gasteiger partial charge is 0.416 e. The molecule has 1 aromatic carbocycles. The number of carbonyl (C=O) groups is 1. The fourth-order valence-corrected chi connectivity index (χ4v) is 2.28. The summed E-state index contributed by atoms with van der Waals surface area (Å²) in [6.07, 6.45) is -3.65. The van der Waals surface area contributed by atoms with E-state index < -0.39 is 23.2 Å². The number of alkyl halides is 3. The predicted molar refractivity (Wildman–Crippen MR) is 80.1 cm³/mol. The summed E-state index contributed by atoms with van der Waals surface area (Å²) in [7, 11) is 0. The number of benzene rings is 1. The highest BCUT2D eigenvalue weighted by atomic mass is 19.4. The Morgan fingerprint density at radius 2 is 1.92 bits per heavy atom. The Hall–Kier alpha value is -2.97. The van der Waals surface area contributed by atoms with E-state index in [0.29, 0.717) is 17.6 Å². The number of amides is 1. The standard InChI is InChI=1S/C16H13F3N2O4/c17-16(18,19)11-3-4-21(15(23)6-11)8-14(22)20-7-10-1-2-12-13(5-10)25-9-24-12/h1-6H,7-9H2,(H,20,22). The molecule has 0 saturated carbocycles. The quantitative estimate of drug-likeness (QED) is 0.911. The van der Waals surface area contributed by atoms with Crippen LogP contribution in [0, 0.1) is 0 Å². The van der Waals surface area contributed by atoms with Gasteiger partial charge in [-0.15, -0.1) is 0 Å². The molecule has 2 heterocycles. The van der Waals surface area contributed by atoms with Crippen molar-refractivity contribution < 1.29 is 27.4 Å². The molecule has 0 bridgehead atoms. The Kier molecular flexibility index (Phi) is 4.39. The minimum Gasteiger partial charge on any atom is -0.454 e. The average molecular weight is 354 g/mol. The molecule has 1 aliphatic heterocycles. The second-order valence-corrected chi connectivity index (χ2v) is 5.34. The van der Waals surface area contributed by atoms with Crippen molar-refractivity contribution in [2.24, 2.45) is 0 Å². The van der Waals surface area contributed by atoms with E-state index in [2.05, 4.69) is 5.32 Å². The van der Waals surface area contributed by atoms with E-state index in [-0.39, 0.29) is 19.9 Å². The number of hydrogen-bond donors (Lipinski definition) is 1. The minimum absolute atomic E-state index is 0.141. The Balaban J connectivity index is 1.60. The highest BCUT2D eigenvalue weighted by molar-refractivity contribution is 5.75. The summed E-state index contributed by atoms with van der Waals surface area (Å²) in [4.78, 5) is 23.6. The summed E-state index contributed by atoms with van der Waals surface area (Å²) in [5.41, 5.74) is -1.18. The molecule has 0 saturated heterocycles. The van der Waals surface area contributed by atoms with Gasteiger partial charge in [0, 0.05) is 18.8 Å². The van der Waals surface area contributed by atoms with E-state index in [9.17, 15) is 22.8 Å². The van der Waals surface area contributed by atoms with Crippen LogP contribution in [0.2, 0.25) is 0 Å². The lowest BCUT2D eigenvalue weighted by molar-refractivity contribution is -0.137. The van der Waals surface area contributed by atoms with Crippen molar-refractivity contribution in [1.82, 2.24) is 9.88 Å². The molecule has 1 N–H and O–H groups in total. The summed E-state index contributed by atoms with van der Waals surface area (Å²) in [6.45, 7) is -0.0473. The van der Waals surface area contributed by atoms with E-state index in [1.54, 1.807) is 18.2 Å². The van der Waals surface area contributed by atoms with Crippen LogP contribution >= 0.6 is 0 Å². The molecule has 132 valence electrons. The van der Waals surface area contributed by atoms with Gasteiger partial charge < -0.3 is 19.4 Å². The molecule has 1 aromatic heterocycles. The SMILES string of the molecule is O=C(Cn1ccc(C(F)(F)F)cc1=O)NCc1ccc2c(c1)OCO2. The number of hydrogen-bond acceptors (Lipinski definition) is 4. The number of rotatable bonds is 4. The Bertz CT molecular complexity index is 861. The molecular weight excluding hydrogens is 341 g/mol. The van der Waals surface area contributed by atoms with Gasteiger partial charge in [-0.1, -0.05) is 6.07 Å². The largest absolute Gasteiger partial charge is 0.454 e. The number of ether oxygens (including phenoxy) is 2. The van der Waals surface area contributed by atoms with Crippen LogP contribution in [-0.2, 0) is 24.1 Å². The maximum atomic E-state index is 12.5. The van der Waals surface area contributed by atoms with Gasteiger partial charge >= 0.3 is 6.18 Å². The number of carbonyl (C=O) groups excluding carboxylic acids is 1. The first-order chi connectivity index (χ1) is 11.8. The Labute approximate surface area is 139 Å². The highest BCUT2D eigenvalue weighted by Crippen LogP contribution is 2.32. The van der Waals surface area contributed by atoms with E-state index in [4.69, 9.17) is 9.47 Å².